The lowest BCUT2D eigenvalue weighted by atomic mass is 10.0. The van der Waals surface area contributed by atoms with E-state index in [1.54, 1.807) is 26.4 Å². The van der Waals surface area contributed by atoms with Gasteiger partial charge in [0.25, 0.3) is 0 Å². The van der Waals surface area contributed by atoms with Crippen molar-refractivity contribution in [3.8, 4) is 5.75 Å². The molecule has 0 bridgehead atoms. The maximum absolute atomic E-state index is 12.3. The first-order valence-electron chi connectivity index (χ1n) is 9.62. The van der Waals surface area contributed by atoms with Gasteiger partial charge in [-0.05, 0) is 45.3 Å². The number of carbonyl (C=O) groups excluding carboxylic acids is 1. The van der Waals surface area contributed by atoms with Crippen molar-refractivity contribution >= 4 is 17.6 Å². The second kappa shape index (κ2) is 13.4. The highest BCUT2D eigenvalue weighted by Crippen LogP contribution is 2.13. The fraction of sp³-hybridized carbons (Fsp3) is 0.455. The number of hydrogen-bond acceptors (Lipinski definition) is 7. The molecule has 7 heteroatoms. The number of carbonyl (C=O) groups is 1. The average Bonchev–Trinajstić information content (AvgIpc) is 2.69. The van der Waals surface area contributed by atoms with E-state index in [0.717, 1.165) is 18.4 Å². The maximum Gasteiger partial charge on any atom is 0.204 e. The third-order valence-electron chi connectivity index (χ3n) is 3.66. The Balaban J connectivity index is 2.51. The van der Waals surface area contributed by atoms with Crippen LogP contribution in [0.3, 0.4) is 0 Å². The number of rotatable bonds is 14. The molecule has 0 aliphatic heterocycles. The Hall–Kier alpha value is -2.80. The van der Waals surface area contributed by atoms with Gasteiger partial charge in [0.2, 0.25) is 5.78 Å². The molecular formula is C22H32N4O3. The van der Waals surface area contributed by atoms with Gasteiger partial charge >= 0.3 is 0 Å². The molecule has 158 valence electrons. The van der Waals surface area contributed by atoms with Gasteiger partial charge in [0, 0.05) is 19.6 Å². The van der Waals surface area contributed by atoms with Crippen LogP contribution >= 0.6 is 0 Å². The van der Waals surface area contributed by atoms with Gasteiger partial charge in [0.05, 0.1) is 19.0 Å². The van der Waals surface area contributed by atoms with Crippen LogP contribution in [-0.2, 0) is 9.53 Å². The predicted molar refractivity (Wildman–Crippen MR) is 117 cm³/mol. The molecule has 0 spiro atoms. The Kier molecular flexibility index (Phi) is 11.2. The Labute approximate surface area is 173 Å². The molecule has 1 aromatic rings. The summed E-state index contributed by atoms with van der Waals surface area (Å²) in [6, 6.07) is 0.149. The molecule has 1 N–H and O–H groups in total. The number of hydrazone groups is 1. The Bertz CT molecular complexity index is 737. The molecule has 1 aromatic heterocycles. The molecule has 0 atom stereocenters. The molecular weight excluding hydrogens is 368 g/mol. The van der Waals surface area contributed by atoms with Crippen LogP contribution in [0, 0.1) is 0 Å². The molecule has 0 saturated carbocycles. The summed E-state index contributed by atoms with van der Waals surface area (Å²) >= 11 is 0. The Morgan fingerprint density at radius 1 is 1.28 bits per heavy atom. The van der Waals surface area contributed by atoms with Gasteiger partial charge in [-0.2, -0.15) is 5.10 Å². The molecule has 0 unspecified atom stereocenters. The fourth-order valence-corrected chi connectivity index (χ4v) is 2.15. The molecule has 0 amide bonds. The molecule has 0 radical (unpaired) electrons. The molecule has 7 nitrogen and oxygen atoms in total. The number of Topliss-reactive ketones (excluding diaryl/α,β-unsaturated/α-hetero) is 1. The predicted octanol–water partition coefficient (Wildman–Crippen LogP) is 3.74. The van der Waals surface area contributed by atoms with Gasteiger partial charge in [0.1, 0.15) is 12.3 Å². The molecule has 0 aromatic carbocycles. The summed E-state index contributed by atoms with van der Waals surface area (Å²) in [4.78, 5) is 20.7. The highest BCUT2D eigenvalue weighted by molar-refractivity contribution is 6.45. The Morgan fingerprint density at radius 3 is 2.55 bits per heavy atom. The van der Waals surface area contributed by atoms with Crippen LogP contribution in [0.4, 0.5) is 0 Å². The van der Waals surface area contributed by atoms with Crippen molar-refractivity contribution in [1.29, 1.82) is 0 Å². The number of allylic oxidation sites excluding steroid dienone is 3. The van der Waals surface area contributed by atoms with E-state index in [9.17, 15) is 4.79 Å². The normalized spacial score (nSPS) is 11.7. The average molecular weight is 401 g/mol. The minimum atomic E-state index is -0.143. The number of aromatic nitrogens is 2. The van der Waals surface area contributed by atoms with Gasteiger partial charge in [-0.15, -0.1) is 0 Å². The van der Waals surface area contributed by atoms with Gasteiger partial charge in [-0.1, -0.05) is 24.8 Å². The van der Waals surface area contributed by atoms with E-state index >= 15 is 0 Å². The first kappa shape index (κ1) is 24.2. The summed E-state index contributed by atoms with van der Waals surface area (Å²) in [7, 11) is 1.62. The summed E-state index contributed by atoms with van der Waals surface area (Å²) in [6.45, 7) is 14.4. The summed E-state index contributed by atoms with van der Waals surface area (Å²) in [5.74, 6) is 1.07. The third kappa shape index (κ3) is 10.4. The lowest BCUT2D eigenvalue weighted by Gasteiger charge is -2.10. The highest BCUT2D eigenvalue weighted by Gasteiger charge is 2.14. The summed E-state index contributed by atoms with van der Waals surface area (Å²) in [5.41, 5.74) is 4.76. The van der Waals surface area contributed by atoms with E-state index in [2.05, 4.69) is 33.7 Å². The van der Waals surface area contributed by atoms with Crippen molar-refractivity contribution in [3.63, 3.8) is 0 Å². The third-order valence-corrected chi connectivity index (χ3v) is 3.66. The van der Waals surface area contributed by atoms with Gasteiger partial charge < -0.3 is 14.9 Å². The van der Waals surface area contributed by atoms with E-state index in [1.165, 1.54) is 0 Å². The van der Waals surface area contributed by atoms with Crippen LogP contribution in [0.25, 0.3) is 6.08 Å². The number of nitrogens with zero attached hydrogens (tertiary/aromatic N) is 3. The van der Waals surface area contributed by atoms with E-state index in [0.29, 0.717) is 42.5 Å². The number of ketones is 1. The van der Waals surface area contributed by atoms with Crippen molar-refractivity contribution in [2.45, 2.75) is 46.1 Å². The van der Waals surface area contributed by atoms with Crippen molar-refractivity contribution < 1.29 is 14.3 Å². The fourth-order valence-electron chi connectivity index (χ4n) is 2.15. The van der Waals surface area contributed by atoms with E-state index < -0.39 is 0 Å². The van der Waals surface area contributed by atoms with Crippen LogP contribution in [-0.4, -0.2) is 47.8 Å². The second-order valence-corrected chi connectivity index (χ2v) is 6.94. The van der Waals surface area contributed by atoms with E-state index in [1.807, 2.05) is 26.0 Å². The zero-order chi connectivity index (χ0) is 21.6. The molecule has 1 heterocycles. The monoisotopic (exact) mass is 400 g/mol. The summed E-state index contributed by atoms with van der Waals surface area (Å²) in [5, 5.41) is 4.23. The molecule has 0 fully saturated rings. The zero-order valence-electron chi connectivity index (χ0n) is 17.9. The van der Waals surface area contributed by atoms with Crippen molar-refractivity contribution in [2.24, 2.45) is 5.10 Å². The maximum atomic E-state index is 12.3. The number of methoxy groups -OCH3 is 1. The summed E-state index contributed by atoms with van der Waals surface area (Å²) < 4.78 is 10.4. The van der Waals surface area contributed by atoms with Crippen LogP contribution < -0.4 is 10.2 Å². The molecule has 0 aliphatic rings. The van der Waals surface area contributed by atoms with Crippen LogP contribution in [0.1, 0.15) is 45.9 Å². The largest absolute Gasteiger partial charge is 0.488 e. The van der Waals surface area contributed by atoms with Crippen molar-refractivity contribution in [3.05, 3.63) is 48.6 Å². The number of ether oxygens (including phenoxy) is 2. The minimum absolute atomic E-state index is 0.143. The number of nitrogens with one attached hydrogen (secondary N) is 1. The molecule has 29 heavy (non-hydrogen) atoms. The quantitative estimate of drug-likeness (QED) is 0.168. The van der Waals surface area contributed by atoms with Crippen LogP contribution in [0.15, 0.2) is 47.9 Å². The smallest absolute Gasteiger partial charge is 0.204 e. The van der Waals surface area contributed by atoms with Crippen molar-refractivity contribution in [2.75, 3.05) is 20.3 Å². The first-order chi connectivity index (χ1) is 13.8. The van der Waals surface area contributed by atoms with Gasteiger partial charge in [-0.25, -0.2) is 9.97 Å². The zero-order valence-corrected chi connectivity index (χ0v) is 17.9. The van der Waals surface area contributed by atoms with E-state index in [-0.39, 0.29) is 11.8 Å². The van der Waals surface area contributed by atoms with Crippen LogP contribution in [0.2, 0.25) is 0 Å². The highest BCUT2D eigenvalue weighted by atomic mass is 16.5. The lowest BCUT2D eigenvalue weighted by Crippen LogP contribution is -2.23. The van der Waals surface area contributed by atoms with Gasteiger partial charge in [-0.3, -0.25) is 4.79 Å². The minimum Gasteiger partial charge on any atom is -0.488 e. The molecule has 0 saturated heterocycles. The van der Waals surface area contributed by atoms with Gasteiger partial charge in [0.15, 0.2) is 11.6 Å². The molecule has 1 rings (SSSR count). The lowest BCUT2D eigenvalue weighted by molar-refractivity contribution is -0.109. The van der Waals surface area contributed by atoms with E-state index in [4.69, 9.17) is 9.47 Å². The number of hydrogen-bond donors (Lipinski definition) is 1. The Morgan fingerprint density at radius 2 is 1.97 bits per heavy atom. The second-order valence-electron chi connectivity index (χ2n) is 6.94. The SMILES string of the molecule is C=C(CC/C=C/c1ncc(OCCOC)cn1)C/C(=N/NC(C)C)C(=O)C(=C)C. The summed E-state index contributed by atoms with van der Waals surface area (Å²) in [6.07, 6.45) is 9.02. The van der Waals surface area contributed by atoms with Crippen molar-refractivity contribution in [1.82, 2.24) is 15.4 Å². The molecule has 0 aliphatic carbocycles. The first-order valence-corrected chi connectivity index (χ1v) is 9.62. The van der Waals surface area contributed by atoms with Crippen LogP contribution in [0.5, 0.6) is 5.75 Å². The topological polar surface area (TPSA) is 85.7 Å². The standard InChI is InChI=1S/C22H32N4O3/c1-16(2)22(27)20(26-25-17(3)4)13-18(5)9-7-8-10-21-23-14-19(15-24-21)29-12-11-28-6/h8,10,14-15,17,25H,1,5,7,9,11-13H2,2-4,6H3/b10-8+,26-20-.